The van der Waals surface area contributed by atoms with Gasteiger partial charge in [-0.2, -0.15) is 0 Å². The third kappa shape index (κ3) is 4.11. The van der Waals surface area contributed by atoms with Crippen molar-refractivity contribution in [2.75, 3.05) is 13.1 Å². The number of amides is 1. The number of para-hydroxylation sites is 1. The first-order chi connectivity index (χ1) is 13.3. The molecule has 1 atom stereocenters. The monoisotopic (exact) mass is 360 g/mol. The summed E-state index contributed by atoms with van der Waals surface area (Å²) in [5.74, 6) is 1.35. The molecule has 1 aliphatic heterocycles. The third-order valence-corrected chi connectivity index (χ3v) is 4.63. The lowest BCUT2D eigenvalue weighted by Gasteiger charge is -2.32. The number of carbonyl (C=O) groups excluding carboxylic acids is 1. The summed E-state index contributed by atoms with van der Waals surface area (Å²) in [7, 11) is 0. The molecule has 1 aliphatic rings. The van der Waals surface area contributed by atoms with E-state index in [1.165, 1.54) is 0 Å². The topological polar surface area (TPSA) is 68.2 Å². The number of aromatic nitrogens is 3. The van der Waals surface area contributed by atoms with Crippen molar-refractivity contribution in [1.82, 2.24) is 19.9 Å². The van der Waals surface area contributed by atoms with E-state index in [1.807, 2.05) is 35.2 Å². The first-order valence-corrected chi connectivity index (χ1v) is 9.04. The highest BCUT2D eigenvalue weighted by Crippen LogP contribution is 2.28. The zero-order chi connectivity index (χ0) is 18.5. The van der Waals surface area contributed by atoms with Crippen molar-refractivity contribution >= 4 is 5.91 Å². The van der Waals surface area contributed by atoms with Crippen molar-refractivity contribution in [3.8, 4) is 11.6 Å². The van der Waals surface area contributed by atoms with E-state index in [4.69, 9.17) is 4.74 Å². The minimum Gasteiger partial charge on any atom is -0.437 e. The summed E-state index contributed by atoms with van der Waals surface area (Å²) in [5.41, 5.74) is 1.47. The molecule has 0 N–H and O–H groups in total. The molecule has 136 valence electrons. The van der Waals surface area contributed by atoms with E-state index in [2.05, 4.69) is 15.0 Å². The van der Waals surface area contributed by atoms with Gasteiger partial charge < -0.3 is 9.64 Å². The Balaban J connectivity index is 1.48. The van der Waals surface area contributed by atoms with Crippen LogP contribution in [0.2, 0.25) is 0 Å². The molecular formula is C21H20N4O2. The van der Waals surface area contributed by atoms with Crippen LogP contribution < -0.4 is 4.74 Å². The highest BCUT2D eigenvalue weighted by molar-refractivity contribution is 5.94. The van der Waals surface area contributed by atoms with Crippen LogP contribution in [-0.2, 0) is 0 Å². The first kappa shape index (κ1) is 17.1. The van der Waals surface area contributed by atoms with E-state index in [9.17, 15) is 4.79 Å². The van der Waals surface area contributed by atoms with E-state index in [0.717, 1.165) is 30.8 Å². The van der Waals surface area contributed by atoms with Crippen LogP contribution in [0, 0.1) is 0 Å². The van der Waals surface area contributed by atoms with Crippen molar-refractivity contribution in [3.05, 3.63) is 78.5 Å². The van der Waals surface area contributed by atoms with Crippen LogP contribution in [0.25, 0.3) is 0 Å². The molecule has 3 heterocycles. The number of pyridine rings is 1. The van der Waals surface area contributed by atoms with Gasteiger partial charge in [-0.15, -0.1) is 0 Å². The van der Waals surface area contributed by atoms with Gasteiger partial charge in [0.05, 0.1) is 17.5 Å². The molecule has 0 aliphatic carbocycles. The van der Waals surface area contributed by atoms with Gasteiger partial charge in [-0.1, -0.05) is 18.2 Å². The average Bonchev–Trinajstić information content (AvgIpc) is 2.75. The summed E-state index contributed by atoms with van der Waals surface area (Å²) in [6.07, 6.45) is 8.56. The zero-order valence-electron chi connectivity index (χ0n) is 14.9. The van der Waals surface area contributed by atoms with Crippen molar-refractivity contribution < 1.29 is 9.53 Å². The molecule has 27 heavy (non-hydrogen) atoms. The predicted molar refractivity (Wildman–Crippen MR) is 101 cm³/mol. The summed E-state index contributed by atoms with van der Waals surface area (Å²) in [5, 5.41) is 0. The standard InChI is InChI=1S/C21H20N4O2/c26-21(16-6-4-10-22-12-16)25-11-5-7-17(15-25)19-13-23-14-20(24-19)27-18-8-2-1-3-9-18/h1-4,6,8-10,12-14,17H,5,7,11,15H2. The van der Waals surface area contributed by atoms with Gasteiger partial charge in [-0.05, 0) is 37.1 Å². The van der Waals surface area contributed by atoms with E-state index >= 15 is 0 Å². The minimum atomic E-state index is 0.0115. The molecular weight excluding hydrogens is 340 g/mol. The van der Waals surface area contributed by atoms with Gasteiger partial charge in [0.2, 0.25) is 5.88 Å². The van der Waals surface area contributed by atoms with Gasteiger partial charge in [0.15, 0.2) is 0 Å². The predicted octanol–water partition coefficient (Wildman–Crippen LogP) is 3.68. The van der Waals surface area contributed by atoms with Crippen LogP contribution in [0.5, 0.6) is 11.6 Å². The second kappa shape index (κ2) is 7.95. The van der Waals surface area contributed by atoms with Crippen molar-refractivity contribution in [2.45, 2.75) is 18.8 Å². The first-order valence-electron chi connectivity index (χ1n) is 9.04. The fourth-order valence-corrected chi connectivity index (χ4v) is 3.29. The van der Waals surface area contributed by atoms with E-state index in [0.29, 0.717) is 18.0 Å². The van der Waals surface area contributed by atoms with Gasteiger partial charge in [0, 0.05) is 37.6 Å². The molecule has 1 fully saturated rings. The Labute approximate surface area is 157 Å². The molecule has 6 nitrogen and oxygen atoms in total. The Kier molecular flexibility index (Phi) is 5.05. The fraction of sp³-hybridized carbons (Fsp3) is 0.238. The number of hydrogen-bond acceptors (Lipinski definition) is 5. The molecule has 1 saturated heterocycles. The number of likely N-dealkylation sites (tertiary alicyclic amines) is 1. The van der Waals surface area contributed by atoms with Crippen LogP contribution >= 0.6 is 0 Å². The zero-order valence-corrected chi connectivity index (χ0v) is 14.9. The van der Waals surface area contributed by atoms with Crippen molar-refractivity contribution in [3.63, 3.8) is 0 Å². The fourth-order valence-electron chi connectivity index (χ4n) is 3.29. The van der Waals surface area contributed by atoms with Gasteiger partial charge >= 0.3 is 0 Å². The summed E-state index contributed by atoms with van der Waals surface area (Å²) < 4.78 is 5.79. The van der Waals surface area contributed by atoms with Crippen LogP contribution in [0.1, 0.15) is 34.8 Å². The number of hydrogen-bond donors (Lipinski definition) is 0. The normalized spacial score (nSPS) is 16.7. The van der Waals surface area contributed by atoms with Crippen LogP contribution in [0.3, 0.4) is 0 Å². The van der Waals surface area contributed by atoms with Crippen molar-refractivity contribution in [1.29, 1.82) is 0 Å². The molecule has 1 unspecified atom stereocenters. The molecule has 0 radical (unpaired) electrons. The molecule has 1 aromatic carbocycles. The maximum atomic E-state index is 12.7. The summed E-state index contributed by atoms with van der Waals surface area (Å²) >= 11 is 0. The van der Waals surface area contributed by atoms with E-state index in [1.54, 1.807) is 36.9 Å². The molecule has 0 spiro atoms. The minimum absolute atomic E-state index is 0.0115. The maximum Gasteiger partial charge on any atom is 0.255 e. The van der Waals surface area contributed by atoms with Crippen LogP contribution in [-0.4, -0.2) is 38.8 Å². The average molecular weight is 360 g/mol. The summed E-state index contributed by atoms with van der Waals surface area (Å²) in [4.78, 5) is 27.5. The van der Waals surface area contributed by atoms with E-state index < -0.39 is 0 Å². The van der Waals surface area contributed by atoms with Gasteiger partial charge in [-0.3, -0.25) is 14.8 Å². The number of rotatable bonds is 4. The molecule has 6 heteroatoms. The van der Waals surface area contributed by atoms with Crippen LogP contribution in [0.4, 0.5) is 0 Å². The molecule has 4 rings (SSSR count). The lowest BCUT2D eigenvalue weighted by molar-refractivity contribution is 0.0705. The molecule has 2 aromatic heterocycles. The Hall–Kier alpha value is -3.28. The van der Waals surface area contributed by atoms with Crippen molar-refractivity contribution in [2.24, 2.45) is 0 Å². The lowest BCUT2D eigenvalue weighted by atomic mass is 9.94. The quantitative estimate of drug-likeness (QED) is 0.710. The van der Waals surface area contributed by atoms with Gasteiger partial charge in [0.25, 0.3) is 5.91 Å². The van der Waals surface area contributed by atoms with Gasteiger partial charge in [0.1, 0.15) is 5.75 Å². The lowest BCUT2D eigenvalue weighted by Crippen LogP contribution is -2.39. The van der Waals surface area contributed by atoms with Gasteiger partial charge in [-0.25, -0.2) is 4.98 Å². The highest BCUT2D eigenvalue weighted by Gasteiger charge is 2.26. The molecule has 1 amide bonds. The maximum absolute atomic E-state index is 12.7. The Bertz CT molecular complexity index is 902. The molecule has 0 bridgehead atoms. The number of nitrogens with zero attached hydrogens (tertiary/aromatic N) is 4. The largest absolute Gasteiger partial charge is 0.437 e. The van der Waals surface area contributed by atoms with E-state index in [-0.39, 0.29) is 11.8 Å². The smallest absolute Gasteiger partial charge is 0.255 e. The second-order valence-electron chi connectivity index (χ2n) is 6.53. The number of ether oxygens (including phenoxy) is 1. The SMILES string of the molecule is O=C(c1cccnc1)N1CCCC(c2cncc(Oc3ccccc3)n2)C1. The number of carbonyl (C=O) groups is 1. The van der Waals surface area contributed by atoms with Crippen LogP contribution in [0.15, 0.2) is 67.3 Å². The molecule has 3 aromatic rings. The number of piperidine rings is 1. The Morgan fingerprint density at radius 3 is 2.74 bits per heavy atom. The third-order valence-electron chi connectivity index (χ3n) is 4.63. The summed E-state index contributed by atoms with van der Waals surface area (Å²) in [6, 6.07) is 13.1. The second-order valence-corrected chi connectivity index (χ2v) is 6.53. The number of benzene rings is 1. The highest BCUT2D eigenvalue weighted by atomic mass is 16.5. The summed E-state index contributed by atoms with van der Waals surface area (Å²) in [6.45, 7) is 1.37. The Morgan fingerprint density at radius 1 is 1.04 bits per heavy atom. The Morgan fingerprint density at radius 2 is 1.93 bits per heavy atom. The molecule has 0 saturated carbocycles.